The molecule has 1 fully saturated rings. The predicted molar refractivity (Wildman–Crippen MR) is 95.7 cm³/mol. The van der Waals surface area contributed by atoms with Crippen LogP contribution in [0.3, 0.4) is 0 Å². The summed E-state index contributed by atoms with van der Waals surface area (Å²) in [4.78, 5) is 24.6. The molecule has 1 aromatic rings. The Morgan fingerprint density at radius 2 is 1.97 bits per heavy atom. The highest BCUT2D eigenvalue weighted by atomic mass is 16.8. The maximum Gasteiger partial charge on any atom is 0.343 e. The zero-order valence-corrected chi connectivity index (χ0v) is 16.3. The molecule has 4 atom stereocenters. The number of esters is 2. The van der Waals surface area contributed by atoms with Crippen molar-refractivity contribution < 1.29 is 42.7 Å². The minimum atomic E-state index is -0.920. The van der Waals surface area contributed by atoms with Crippen LogP contribution in [-0.4, -0.2) is 56.0 Å². The highest BCUT2D eigenvalue weighted by Crippen LogP contribution is 2.52. The molecule has 0 saturated carbocycles. The normalized spacial score (nSPS) is 30.5. The number of carbonyl (C=O) groups is 2. The van der Waals surface area contributed by atoms with Crippen molar-refractivity contribution in [2.45, 2.75) is 51.0 Å². The highest BCUT2D eigenvalue weighted by Gasteiger charge is 2.56. The van der Waals surface area contributed by atoms with Crippen LogP contribution in [0.1, 0.15) is 36.7 Å². The smallest absolute Gasteiger partial charge is 0.343 e. The first-order chi connectivity index (χ1) is 13.8. The minimum Gasteiger partial charge on any atom is -0.492 e. The SMILES string of the molecule is COc1c2c(cc3c1C(=O)O[C@@H]1C3=C[C@H](OC(C)=O)[C@H]3OC(C)(C)O[C@H]31)OCO2. The number of methoxy groups -OCH3 is 1. The van der Waals surface area contributed by atoms with E-state index in [0.717, 1.165) is 0 Å². The standard InChI is InChI=1S/C20H20O9/c1-8(21)26-12-6-10-9-5-11-15(25-7-24-11)17(23-4)13(9)19(22)27-14(10)18-16(12)28-20(2,3)29-18/h5-6,12,14,16,18H,7H2,1-4H3/t12-,14+,16+,18-/m0/s1. The third-order valence-electron chi connectivity index (χ3n) is 5.31. The lowest BCUT2D eigenvalue weighted by atomic mass is 9.81. The zero-order chi connectivity index (χ0) is 20.5. The van der Waals surface area contributed by atoms with Crippen LogP contribution < -0.4 is 14.2 Å². The molecule has 1 saturated heterocycles. The lowest BCUT2D eigenvalue weighted by Gasteiger charge is -2.38. The third-order valence-corrected chi connectivity index (χ3v) is 5.31. The van der Waals surface area contributed by atoms with Crippen molar-refractivity contribution in [3.63, 3.8) is 0 Å². The number of rotatable bonds is 2. The Kier molecular flexibility index (Phi) is 3.85. The average Bonchev–Trinajstić information content (AvgIpc) is 3.24. The van der Waals surface area contributed by atoms with Crippen LogP contribution in [-0.2, 0) is 23.7 Å². The summed E-state index contributed by atoms with van der Waals surface area (Å²) in [6.45, 7) is 4.87. The van der Waals surface area contributed by atoms with Gasteiger partial charge in [-0.25, -0.2) is 4.79 Å². The monoisotopic (exact) mass is 404 g/mol. The summed E-state index contributed by atoms with van der Waals surface area (Å²) in [5.41, 5.74) is 1.44. The molecule has 1 aromatic carbocycles. The van der Waals surface area contributed by atoms with Crippen LogP contribution in [0, 0.1) is 0 Å². The predicted octanol–water partition coefficient (Wildman–Crippen LogP) is 1.81. The molecule has 5 rings (SSSR count). The van der Waals surface area contributed by atoms with Gasteiger partial charge in [-0.2, -0.15) is 0 Å². The second-order valence-corrected chi connectivity index (χ2v) is 7.65. The molecule has 9 heteroatoms. The van der Waals surface area contributed by atoms with Crippen LogP contribution in [0.25, 0.3) is 5.57 Å². The molecule has 9 nitrogen and oxygen atoms in total. The highest BCUT2D eigenvalue weighted by molar-refractivity contribution is 6.04. The minimum absolute atomic E-state index is 0.0258. The van der Waals surface area contributed by atoms with E-state index in [2.05, 4.69) is 0 Å². The first kappa shape index (κ1) is 18.3. The van der Waals surface area contributed by atoms with Crippen molar-refractivity contribution >= 4 is 17.5 Å². The second kappa shape index (κ2) is 6.11. The summed E-state index contributed by atoms with van der Waals surface area (Å²) in [5, 5.41) is 0. The first-order valence-electron chi connectivity index (χ1n) is 9.25. The fourth-order valence-electron chi connectivity index (χ4n) is 4.33. The fraction of sp³-hybridized carbons (Fsp3) is 0.500. The number of fused-ring (bicyclic) bond motifs is 6. The van der Waals surface area contributed by atoms with Gasteiger partial charge in [0.15, 0.2) is 23.4 Å². The van der Waals surface area contributed by atoms with Crippen molar-refractivity contribution in [3.05, 3.63) is 23.3 Å². The fourth-order valence-corrected chi connectivity index (χ4v) is 4.33. The number of ether oxygens (including phenoxy) is 7. The summed E-state index contributed by atoms with van der Waals surface area (Å²) >= 11 is 0. The molecule has 4 aliphatic rings. The molecule has 0 N–H and O–H groups in total. The van der Waals surface area contributed by atoms with E-state index in [4.69, 9.17) is 33.2 Å². The third kappa shape index (κ3) is 2.68. The van der Waals surface area contributed by atoms with E-state index in [1.165, 1.54) is 14.0 Å². The van der Waals surface area contributed by atoms with Gasteiger partial charge in [0, 0.05) is 18.1 Å². The summed E-state index contributed by atoms with van der Waals surface area (Å²) in [5.74, 6) is -0.867. The quantitative estimate of drug-likeness (QED) is 0.684. The van der Waals surface area contributed by atoms with E-state index in [0.29, 0.717) is 22.6 Å². The van der Waals surface area contributed by atoms with Gasteiger partial charge < -0.3 is 33.2 Å². The van der Waals surface area contributed by atoms with Crippen molar-refractivity contribution in [1.82, 2.24) is 0 Å². The Hall–Kier alpha value is -2.78. The van der Waals surface area contributed by atoms with Gasteiger partial charge in [0.05, 0.1) is 7.11 Å². The molecule has 29 heavy (non-hydrogen) atoms. The molecule has 1 aliphatic carbocycles. The van der Waals surface area contributed by atoms with E-state index < -0.39 is 42.1 Å². The maximum atomic E-state index is 12.9. The maximum absolute atomic E-state index is 12.9. The molecule has 0 aromatic heterocycles. The van der Waals surface area contributed by atoms with Gasteiger partial charge in [0.1, 0.15) is 23.9 Å². The van der Waals surface area contributed by atoms with Crippen molar-refractivity contribution in [2.75, 3.05) is 13.9 Å². The molecule has 0 bridgehead atoms. The first-order valence-corrected chi connectivity index (χ1v) is 9.25. The van der Waals surface area contributed by atoms with Crippen molar-refractivity contribution in [2.24, 2.45) is 0 Å². The van der Waals surface area contributed by atoms with E-state index in [9.17, 15) is 9.59 Å². The Balaban J connectivity index is 1.68. The number of benzene rings is 1. The van der Waals surface area contributed by atoms with Crippen molar-refractivity contribution in [3.8, 4) is 17.2 Å². The summed E-state index contributed by atoms with van der Waals surface area (Å²) in [7, 11) is 1.44. The Labute approximate surface area is 166 Å². The Morgan fingerprint density at radius 1 is 1.21 bits per heavy atom. The topological polar surface area (TPSA) is 98.8 Å². The molecular weight excluding hydrogens is 384 g/mol. The van der Waals surface area contributed by atoms with E-state index in [1.54, 1.807) is 26.0 Å². The van der Waals surface area contributed by atoms with Crippen LogP contribution >= 0.6 is 0 Å². The summed E-state index contributed by atoms with van der Waals surface area (Å²) in [6, 6.07) is 1.71. The largest absolute Gasteiger partial charge is 0.492 e. The second-order valence-electron chi connectivity index (χ2n) is 7.65. The van der Waals surface area contributed by atoms with Crippen molar-refractivity contribution in [1.29, 1.82) is 0 Å². The van der Waals surface area contributed by atoms with Gasteiger partial charge in [0.25, 0.3) is 0 Å². The van der Waals surface area contributed by atoms with Gasteiger partial charge in [-0.1, -0.05) is 0 Å². The van der Waals surface area contributed by atoms with Gasteiger partial charge >= 0.3 is 11.9 Å². The van der Waals surface area contributed by atoms with Crippen LogP contribution in [0.5, 0.6) is 17.2 Å². The molecule has 3 aliphatic heterocycles. The lowest BCUT2D eigenvalue weighted by Crippen LogP contribution is -2.50. The molecule has 3 heterocycles. The molecule has 154 valence electrons. The van der Waals surface area contributed by atoms with Gasteiger partial charge in [-0.3, -0.25) is 4.79 Å². The Bertz CT molecular complexity index is 948. The van der Waals surface area contributed by atoms with Gasteiger partial charge in [-0.15, -0.1) is 0 Å². The average molecular weight is 404 g/mol. The zero-order valence-electron chi connectivity index (χ0n) is 16.3. The molecular formula is C20H20O9. The number of carbonyl (C=O) groups excluding carboxylic acids is 2. The number of hydrogen-bond acceptors (Lipinski definition) is 9. The molecule has 0 amide bonds. The molecule has 0 unspecified atom stereocenters. The summed E-state index contributed by atoms with van der Waals surface area (Å²) in [6.07, 6.45) is -0.925. The molecule has 0 radical (unpaired) electrons. The number of hydrogen-bond donors (Lipinski definition) is 0. The van der Waals surface area contributed by atoms with Crippen LogP contribution in [0.15, 0.2) is 12.1 Å². The van der Waals surface area contributed by atoms with Gasteiger partial charge in [0.2, 0.25) is 12.5 Å². The molecule has 0 spiro atoms. The Morgan fingerprint density at radius 3 is 2.69 bits per heavy atom. The van der Waals surface area contributed by atoms with E-state index in [-0.39, 0.29) is 18.1 Å². The van der Waals surface area contributed by atoms with E-state index >= 15 is 0 Å². The van der Waals surface area contributed by atoms with Gasteiger partial charge in [-0.05, 0) is 26.0 Å². The summed E-state index contributed by atoms with van der Waals surface area (Å²) < 4.78 is 39.6. The van der Waals surface area contributed by atoms with Crippen LogP contribution in [0.2, 0.25) is 0 Å². The van der Waals surface area contributed by atoms with E-state index in [1.807, 2.05) is 0 Å². The lowest BCUT2D eigenvalue weighted by molar-refractivity contribution is -0.165. The van der Waals surface area contributed by atoms with Crippen LogP contribution in [0.4, 0.5) is 0 Å².